The smallest absolute Gasteiger partial charge is 0.255 e. The number of benzene rings is 1. The van der Waals surface area contributed by atoms with Crippen molar-refractivity contribution in [1.29, 1.82) is 0 Å². The van der Waals surface area contributed by atoms with Crippen LogP contribution in [0.2, 0.25) is 0 Å². The number of carbonyl (C=O) groups is 1. The molecule has 146 valence electrons. The first-order valence-electron chi connectivity index (χ1n) is 9.65. The van der Waals surface area contributed by atoms with Crippen LogP contribution in [0.5, 0.6) is 0 Å². The number of hydrogen-bond acceptors (Lipinski definition) is 3. The number of aromatic nitrogens is 2. The van der Waals surface area contributed by atoms with Crippen LogP contribution in [-0.2, 0) is 0 Å². The van der Waals surface area contributed by atoms with E-state index in [4.69, 9.17) is 0 Å². The van der Waals surface area contributed by atoms with Gasteiger partial charge >= 0.3 is 0 Å². The summed E-state index contributed by atoms with van der Waals surface area (Å²) < 4.78 is 2.86. The molecule has 6 heteroatoms. The van der Waals surface area contributed by atoms with Gasteiger partial charge in [0.15, 0.2) is 0 Å². The molecule has 5 nitrogen and oxygen atoms in total. The van der Waals surface area contributed by atoms with E-state index in [1.165, 1.54) is 19.3 Å². The van der Waals surface area contributed by atoms with E-state index in [1.807, 2.05) is 42.8 Å². The van der Waals surface area contributed by atoms with Crippen molar-refractivity contribution in [2.24, 2.45) is 0 Å². The van der Waals surface area contributed by atoms with Crippen molar-refractivity contribution in [1.82, 2.24) is 20.0 Å². The normalized spacial score (nSPS) is 15.7. The molecule has 1 aliphatic heterocycles. The second kappa shape index (κ2) is 8.15. The molecule has 0 atom stereocenters. The summed E-state index contributed by atoms with van der Waals surface area (Å²) in [5, 5.41) is 7.75. The van der Waals surface area contributed by atoms with E-state index in [1.54, 1.807) is 0 Å². The number of rotatable bonds is 5. The van der Waals surface area contributed by atoms with Crippen molar-refractivity contribution in [2.75, 3.05) is 19.6 Å². The number of aryl methyl sites for hydroxylation is 1. The van der Waals surface area contributed by atoms with Gasteiger partial charge in [-0.3, -0.25) is 9.69 Å². The number of carbonyl (C=O) groups excluding carboxylic acids is 1. The minimum atomic E-state index is -0.0431. The SMILES string of the molecule is Cc1nn(-c2ccc(Br)cc2)c(C)c1C(=O)NCC(C)(C)N1CCCCC1. The van der Waals surface area contributed by atoms with Crippen molar-refractivity contribution in [2.45, 2.75) is 52.5 Å². The highest BCUT2D eigenvalue weighted by Gasteiger charge is 2.29. The molecule has 27 heavy (non-hydrogen) atoms. The van der Waals surface area contributed by atoms with Crippen molar-refractivity contribution < 1.29 is 4.79 Å². The van der Waals surface area contributed by atoms with E-state index in [0.29, 0.717) is 12.1 Å². The van der Waals surface area contributed by atoms with Gasteiger partial charge in [-0.15, -0.1) is 0 Å². The average molecular weight is 433 g/mol. The second-order valence-electron chi connectivity index (χ2n) is 7.98. The lowest BCUT2D eigenvalue weighted by molar-refractivity contribution is 0.0796. The number of amides is 1. The fourth-order valence-corrected chi connectivity index (χ4v) is 4.07. The number of halogens is 1. The van der Waals surface area contributed by atoms with Crippen LogP contribution in [-0.4, -0.2) is 45.8 Å². The summed E-state index contributed by atoms with van der Waals surface area (Å²) >= 11 is 3.45. The molecule has 0 spiro atoms. The standard InChI is InChI=1S/C21H29BrN4O/c1-15-19(16(2)26(24-15)18-10-8-17(22)9-11-18)20(27)23-14-21(3,4)25-12-6-5-7-13-25/h8-11H,5-7,12-14H2,1-4H3,(H,23,27). The van der Waals surface area contributed by atoms with Crippen molar-refractivity contribution in [3.8, 4) is 5.69 Å². The third-order valence-electron chi connectivity index (χ3n) is 5.48. The van der Waals surface area contributed by atoms with Crippen molar-refractivity contribution in [3.63, 3.8) is 0 Å². The maximum atomic E-state index is 12.9. The molecule has 0 saturated carbocycles. The summed E-state index contributed by atoms with van der Waals surface area (Å²) in [4.78, 5) is 15.4. The largest absolute Gasteiger partial charge is 0.350 e. The van der Waals surface area contributed by atoms with Crippen LogP contribution in [0.1, 0.15) is 54.9 Å². The second-order valence-corrected chi connectivity index (χ2v) is 8.89. The summed E-state index contributed by atoms with van der Waals surface area (Å²) in [7, 11) is 0. The maximum Gasteiger partial charge on any atom is 0.255 e. The Morgan fingerprint density at radius 1 is 1.15 bits per heavy atom. The van der Waals surface area contributed by atoms with E-state index in [2.05, 4.69) is 45.1 Å². The predicted octanol–water partition coefficient (Wildman–Crippen LogP) is 4.25. The van der Waals surface area contributed by atoms with Crippen LogP contribution in [0.15, 0.2) is 28.7 Å². The average Bonchev–Trinajstić information content (AvgIpc) is 2.95. The molecule has 3 rings (SSSR count). The number of hydrogen-bond donors (Lipinski definition) is 1. The Morgan fingerprint density at radius 2 is 1.78 bits per heavy atom. The van der Waals surface area contributed by atoms with Gasteiger partial charge in [0.2, 0.25) is 0 Å². The zero-order valence-corrected chi connectivity index (χ0v) is 18.3. The van der Waals surface area contributed by atoms with Crippen molar-refractivity contribution in [3.05, 3.63) is 45.7 Å². The molecular formula is C21H29BrN4O. The van der Waals surface area contributed by atoms with E-state index in [-0.39, 0.29) is 11.4 Å². The minimum Gasteiger partial charge on any atom is -0.350 e. The van der Waals surface area contributed by atoms with Crippen molar-refractivity contribution >= 4 is 21.8 Å². The van der Waals surface area contributed by atoms with Gasteiger partial charge in [-0.25, -0.2) is 4.68 Å². The lowest BCUT2D eigenvalue weighted by Crippen LogP contribution is -2.53. The fourth-order valence-electron chi connectivity index (χ4n) is 3.80. The molecule has 1 aliphatic rings. The lowest BCUT2D eigenvalue weighted by Gasteiger charge is -2.41. The summed E-state index contributed by atoms with van der Waals surface area (Å²) in [6.07, 6.45) is 3.80. The maximum absolute atomic E-state index is 12.9. The van der Waals surface area contributed by atoms with Crippen LogP contribution >= 0.6 is 15.9 Å². The molecule has 1 amide bonds. The predicted molar refractivity (Wildman–Crippen MR) is 113 cm³/mol. The first kappa shape index (κ1) is 20.1. The molecular weight excluding hydrogens is 404 g/mol. The highest BCUT2D eigenvalue weighted by atomic mass is 79.9. The number of piperidine rings is 1. The molecule has 0 unspecified atom stereocenters. The van der Waals surface area contributed by atoms with Gasteiger partial charge in [-0.05, 0) is 77.9 Å². The quantitative estimate of drug-likeness (QED) is 0.767. The summed E-state index contributed by atoms with van der Waals surface area (Å²) in [6.45, 7) is 11.1. The Bertz CT molecular complexity index is 804. The van der Waals surface area contributed by atoms with Crippen LogP contribution in [0, 0.1) is 13.8 Å². The highest BCUT2D eigenvalue weighted by molar-refractivity contribution is 9.10. The van der Waals surface area contributed by atoms with Crippen LogP contribution in [0.3, 0.4) is 0 Å². The molecule has 0 bridgehead atoms. The van der Waals surface area contributed by atoms with Gasteiger partial charge < -0.3 is 5.32 Å². The number of nitrogens with zero attached hydrogens (tertiary/aromatic N) is 3. The Morgan fingerprint density at radius 3 is 2.41 bits per heavy atom. The van der Waals surface area contributed by atoms with E-state index in [0.717, 1.165) is 34.6 Å². The molecule has 1 aromatic carbocycles. The number of likely N-dealkylation sites (tertiary alicyclic amines) is 1. The van der Waals surface area contributed by atoms with Gasteiger partial charge in [-0.1, -0.05) is 22.4 Å². The third kappa shape index (κ3) is 4.43. The Hall–Kier alpha value is -1.66. The first-order chi connectivity index (χ1) is 12.8. The van der Waals surface area contributed by atoms with Gasteiger partial charge in [0.1, 0.15) is 0 Å². The van der Waals surface area contributed by atoms with Gasteiger partial charge in [0, 0.05) is 16.6 Å². The van der Waals surface area contributed by atoms with E-state index >= 15 is 0 Å². The molecule has 2 heterocycles. The van der Waals surface area contributed by atoms with Gasteiger partial charge in [-0.2, -0.15) is 5.10 Å². The zero-order valence-electron chi connectivity index (χ0n) is 16.7. The van der Waals surface area contributed by atoms with Crippen LogP contribution < -0.4 is 5.32 Å². The highest BCUT2D eigenvalue weighted by Crippen LogP contribution is 2.22. The minimum absolute atomic E-state index is 0.0421. The molecule has 1 fully saturated rings. The van der Waals surface area contributed by atoms with Gasteiger partial charge in [0.05, 0.1) is 22.6 Å². The monoisotopic (exact) mass is 432 g/mol. The number of nitrogens with one attached hydrogen (secondary N) is 1. The van der Waals surface area contributed by atoms with Gasteiger partial charge in [0.25, 0.3) is 5.91 Å². The van der Waals surface area contributed by atoms with Crippen LogP contribution in [0.4, 0.5) is 0 Å². The molecule has 1 saturated heterocycles. The Kier molecular flexibility index (Phi) is 6.06. The first-order valence-corrected chi connectivity index (χ1v) is 10.4. The molecule has 2 aromatic rings. The Labute approximate surface area is 170 Å². The Balaban J connectivity index is 1.74. The van der Waals surface area contributed by atoms with Crippen LogP contribution in [0.25, 0.3) is 5.69 Å². The molecule has 1 N–H and O–H groups in total. The summed E-state index contributed by atoms with van der Waals surface area (Å²) in [5.41, 5.74) is 3.20. The van der Waals surface area contributed by atoms with E-state index in [9.17, 15) is 4.79 Å². The summed E-state index contributed by atoms with van der Waals surface area (Å²) in [6, 6.07) is 7.94. The molecule has 0 aliphatic carbocycles. The summed E-state index contributed by atoms with van der Waals surface area (Å²) in [5.74, 6) is -0.0431. The molecule has 1 aromatic heterocycles. The van der Waals surface area contributed by atoms with E-state index < -0.39 is 0 Å². The molecule has 0 radical (unpaired) electrons. The third-order valence-corrected chi connectivity index (χ3v) is 6.01. The zero-order chi connectivity index (χ0) is 19.6. The lowest BCUT2D eigenvalue weighted by atomic mass is 9.98. The topological polar surface area (TPSA) is 50.2 Å². The fraction of sp³-hybridized carbons (Fsp3) is 0.524.